The Bertz CT molecular complexity index is 2050. The van der Waals surface area contributed by atoms with Gasteiger partial charge in [-0.05, 0) is 109 Å². The molecule has 1 aliphatic rings. The minimum atomic E-state index is -3.78. The zero-order valence-corrected chi connectivity index (χ0v) is 27.7. The SMILES string of the molecule is COS(=O)(=O)CNc1nc(Cc2ccc(N=Nc3ccc4c(c3)CCCC4)cc2)nc(Cc2ccc(N=Nc3ccccc3)cc2C)n1. The zero-order chi connectivity index (χ0) is 33.3. The molecule has 0 saturated carbocycles. The van der Waals surface area contributed by atoms with Crippen molar-refractivity contribution in [1.82, 2.24) is 15.0 Å². The van der Waals surface area contributed by atoms with Crippen LogP contribution in [0.5, 0.6) is 0 Å². The first-order valence-corrected chi connectivity index (χ1v) is 17.3. The van der Waals surface area contributed by atoms with E-state index in [1.807, 2.05) is 85.8 Å². The van der Waals surface area contributed by atoms with E-state index in [-0.39, 0.29) is 5.95 Å². The van der Waals surface area contributed by atoms with Crippen LogP contribution in [-0.2, 0) is 40.0 Å². The van der Waals surface area contributed by atoms with E-state index in [1.54, 1.807) is 0 Å². The number of nitrogens with zero attached hydrogens (tertiary/aromatic N) is 7. The van der Waals surface area contributed by atoms with Crippen molar-refractivity contribution in [2.45, 2.75) is 45.4 Å². The molecule has 1 heterocycles. The number of hydrogen-bond acceptors (Lipinski definition) is 11. The summed E-state index contributed by atoms with van der Waals surface area (Å²) in [6, 6.07) is 29.4. The van der Waals surface area contributed by atoms with E-state index in [0.717, 1.165) is 59.4 Å². The highest BCUT2D eigenvalue weighted by molar-refractivity contribution is 7.86. The number of benzene rings is 4. The molecule has 6 rings (SSSR count). The van der Waals surface area contributed by atoms with Crippen LogP contribution in [0.4, 0.5) is 28.7 Å². The third-order valence-electron chi connectivity index (χ3n) is 8.01. The molecule has 0 bridgehead atoms. The molecular weight excluding hydrogens is 625 g/mol. The molecule has 0 unspecified atom stereocenters. The molecule has 1 aliphatic carbocycles. The fourth-order valence-electron chi connectivity index (χ4n) is 5.40. The predicted octanol–water partition coefficient (Wildman–Crippen LogP) is 8.42. The minimum Gasteiger partial charge on any atom is -0.338 e. The molecule has 1 N–H and O–H groups in total. The molecule has 1 aromatic heterocycles. The van der Waals surface area contributed by atoms with Crippen molar-refractivity contribution in [2.75, 3.05) is 18.3 Å². The van der Waals surface area contributed by atoms with Crippen LogP contribution >= 0.6 is 0 Å². The molecule has 0 radical (unpaired) electrons. The monoisotopic (exact) mass is 660 g/mol. The topological polar surface area (TPSA) is 144 Å². The normalized spacial score (nSPS) is 13.2. The van der Waals surface area contributed by atoms with Gasteiger partial charge >= 0.3 is 0 Å². The van der Waals surface area contributed by atoms with E-state index < -0.39 is 16.0 Å². The maximum absolute atomic E-state index is 12.0. The van der Waals surface area contributed by atoms with Gasteiger partial charge in [-0.1, -0.05) is 42.5 Å². The Morgan fingerprint density at radius 1 is 0.688 bits per heavy atom. The number of azo groups is 2. The number of anilines is 1. The average Bonchev–Trinajstić information content (AvgIpc) is 3.11. The Balaban J connectivity index is 1.18. The van der Waals surface area contributed by atoms with Crippen molar-refractivity contribution in [2.24, 2.45) is 20.5 Å². The number of aromatic nitrogens is 3. The first-order chi connectivity index (χ1) is 23.3. The van der Waals surface area contributed by atoms with Crippen LogP contribution in [-0.4, -0.2) is 36.4 Å². The maximum Gasteiger partial charge on any atom is 0.285 e. The highest BCUT2D eigenvalue weighted by Crippen LogP contribution is 2.27. The molecule has 5 aromatic rings. The van der Waals surface area contributed by atoms with Gasteiger partial charge in [0, 0.05) is 12.8 Å². The van der Waals surface area contributed by atoms with Crippen molar-refractivity contribution >= 4 is 38.8 Å². The van der Waals surface area contributed by atoms with Gasteiger partial charge in [-0.15, -0.1) is 0 Å². The molecule has 11 nitrogen and oxygen atoms in total. The van der Waals surface area contributed by atoms with Gasteiger partial charge in [0.05, 0.1) is 29.9 Å². The molecule has 48 heavy (non-hydrogen) atoms. The van der Waals surface area contributed by atoms with Crippen molar-refractivity contribution in [3.05, 3.63) is 130 Å². The quantitative estimate of drug-likeness (QED) is 0.104. The molecule has 244 valence electrons. The van der Waals surface area contributed by atoms with Crippen LogP contribution in [0.1, 0.15) is 52.3 Å². The molecule has 0 aliphatic heterocycles. The fourth-order valence-corrected chi connectivity index (χ4v) is 5.82. The summed E-state index contributed by atoms with van der Waals surface area (Å²) in [5, 5.41) is 20.3. The predicted molar refractivity (Wildman–Crippen MR) is 185 cm³/mol. The van der Waals surface area contributed by atoms with Gasteiger partial charge < -0.3 is 5.32 Å². The Morgan fingerprint density at radius 2 is 1.29 bits per heavy atom. The lowest BCUT2D eigenvalue weighted by atomic mass is 9.91. The summed E-state index contributed by atoms with van der Waals surface area (Å²) in [4.78, 5) is 13.8. The Hall–Kier alpha value is -5.20. The van der Waals surface area contributed by atoms with Gasteiger partial charge in [0.15, 0.2) is 0 Å². The van der Waals surface area contributed by atoms with Crippen LogP contribution in [0.25, 0.3) is 0 Å². The lowest BCUT2D eigenvalue weighted by Gasteiger charge is -2.15. The second-order valence-corrected chi connectivity index (χ2v) is 13.3. The van der Waals surface area contributed by atoms with Crippen LogP contribution in [0.2, 0.25) is 0 Å². The largest absolute Gasteiger partial charge is 0.338 e. The molecule has 12 heteroatoms. The summed E-state index contributed by atoms with van der Waals surface area (Å²) >= 11 is 0. The number of fused-ring (bicyclic) bond motifs is 1. The summed E-state index contributed by atoms with van der Waals surface area (Å²) in [5.74, 6) is 0.662. The molecule has 0 spiro atoms. The first kappa shape index (κ1) is 32.7. The van der Waals surface area contributed by atoms with Crippen molar-refractivity contribution in [1.29, 1.82) is 0 Å². The summed E-state index contributed by atoms with van der Waals surface area (Å²) < 4.78 is 28.6. The van der Waals surface area contributed by atoms with Crippen molar-refractivity contribution in [3.8, 4) is 0 Å². The van der Waals surface area contributed by atoms with Crippen LogP contribution in [0.3, 0.4) is 0 Å². The van der Waals surface area contributed by atoms with Crippen molar-refractivity contribution in [3.63, 3.8) is 0 Å². The lowest BCUT2D eigenvalue weighted by molar-refractivity contribution is 0.399. The van der Waals surface area contributed by atoms with E-state index in [0.29, 0.717) is 24.5 Å². The van der Waals surface area contributed by atoms with E-state index in [2.05, 4.69) is 52.1 Å². The second kappa shape index (κ2) is 15.1. The van der Waals surface area contributed by atoms with Gasteiger partial charge in [0.1, 0.15) is 17.5 Å². The first-order valence-electron chi connectivity index (χ1n) is 15.8. The summed E-state index contributed by atoms with van der Waals surface area (Å²) in [6.07, 6.45) is 5.51. The third-order valence-corrected chi connectivity index (χ3v) is 9.02. The van der Waals surface area contributed by atoms with E-state index >= 15 is 0 Å². The number of rotatable bonds is 12. The fraction of sp³-hybridized carbons (Fsp3) is 0.250. The highest BCUT2D eigenvalue weighted by Gasteiger charge is 2.14. The highest BCUT2D eigenvalue weighted by atomic mass is 32.2. The lowest BCUT2D eigenvalue weighted by Crippen LogP contribution is -2.18. The Morgan fingerprint density at radius 3 is 2.00 bits per heavy atom. The molecule has 4 aromatic carbocycles. The number of nitrogens with one attached hydrogen (secondary N) is 1. The van der Waals surface area contributed by atoms with E-state index in [9.17, 15) is 8.42 Å². The third kappa shape index (κ3) is 8.99. The van der Waals surface area contributed by atoms with Crippen LogP contribution in [0, 0.1) is 6.92 Å². The maximum atomic E-state index is 12.0. The van der Waals surface area contributed by atoms with Crippen molar-refractivity contribution < 1.29 is 12.6 Å². The number of hydrogen-bond donors (Lipinski definition) is 1. The van der Waals surface area contributed by atoms with Gasteiger partial charge in [-0.25, -0.2) is 4.98 Å². The zero-order valence-electron chi connectivity index (χ0n) is 26.9. The number of aryl methyl sites for hydroxylation is 3. The average molecular weight is 661 g/mol. The summed E-state index contributed by atoms with van der Waals surface area (Å²) in [5.41, 5.74) is 8.84. The summed E-state index contributed by atoms with van der Waals surface area (Å²) in [7, 11) is -2.67. The van der Waals surface area contributed by atoms with Gasteiger partial charge in [0.25, 0.3) is 10.1 Å². The summed E-state index contributed by atoms with van der Waals surface area (Å²) in [6.45, 7) is 1.99. The van der Waals surface area contributed by atoms with E-state index in [4.69, 9.17) is 4.98 Å². The Kier molecular flexibility index (Phi) is 10.3. The van der Waals surface area contributed by atoms with Gasteiger partial charge in [-0.3, -0.25) is 4.18 Å². The van der Waals surface area contributed by atoms with Crippen LogP contribution in [0.15, 0.2) is 111 Å². The molecule has 0 amide bonds. The van der Waals surface area contributed by atoms with Gasteiger partial charge in [0.2, 0.25) is 5.95 Å². The molecule has 0 fully saturated rings. The van der Waals surface area contributed by atoms with E-state index in [1.165, 1.54) is 24.0 Å². The molecule has 0 atom stereocenters. The van der Waals surface area contributed by atoms with Gasteiger partial charge in [-0.2, -0.15) is 38.8 Å². The minimum absolute atomic E-state index is 0.150. The molecule has 0 saturated heterocycles. The Labute approximate surface area is 280 Å². The molecular formula is C36H36N8O3S. The smallest absolute Gasteiger partial charge is 0.285 e. The second-order valence-electron chi connectivity index (χ2n) is 11.6. The van der Waals surface area contributed by atoms with Crippen LogP contribution < -0.4 is 5.32 Å². The standard InChI is InChI=1S/C36H36N8O3S/c1-25-20-32(43-41-30-10-4-3-5-11-30)19-15-28(25)23-35-38-34(39-36(40-35)37-24-48(45,46)47-2)21-26-12-16-31(17-13-26)42-44-33-18-14-27-8-6-7-9-29(27)22-33/h3-5,10-20,22H,6-9,21,23-24H2,1-2H3,(H,37,38,39,40).